The fourth-order valence-electron chi connectivity index (χ4n) is 2.61. The molecule has 0 atom stereocenters. The Hall–Kier alpha value is -2.20. The SMILES string of the molecule is Cc1cc(F)cc(C(=O)NCc2ccc3c(c2)CNC3)c1. The number of carbonyl (C=O) groups is 1. The summed E-state index contributed by atoms with van der Waals surface area (Å²) >= 11 is 0. The van der Waals surface area contributed by atoms with Crippen molar-refractivity contribution in [1.29, 1.82) is 0 Å². The van der Waals surface area contributed by atoms with Crippen LogP contribution in [0.2, 0.25) is 0 Å². The second-order valence-electron chi connectivity index (χ2n) is 5.41. The zero-order valence-corrected chi connectivity index (χ0v) is 11.9. The van der Waals surface area contributed by atoms with E-state index in [1.165, 1.54) is 23.3 Å². The molecule has 0 unspecified atom stereocenters. The van der Waals surface area contributed by atoms with Crippen LogP contribution in [0.5, 0.6) is 0 Å². The predicted octanol–water partition coefficient (Wildman–Crippen LogP) is 2.67. The Morgan fingerprint density at radius 1 is 1.19 bits per heavy atom. The highest BCUT2D eigenvalue weighted by molar-refractivity contribution is 5.94. The summed E-state index contributed by atoms with van der Waals surface area (Å²) in [4.78, 5) is 12.1. The van der Waals surface area contributed by atoms with Crippen molar-refractivity contribution in [3.8, 4) is 0 Å². The number of rotatable bonds is 3. The number of hydrogen-bond acceptors (Lipinski definition) is 2. The zero-order chi connectivity index (χ0) is 14.8. The van der Waals surface area contributed by atoms with E-state index in [1.54, 1.807) is 13.0 Å². The van der Waals surface area contributed by atoms with E-state index in [-0.39, 0.29) is 11.7 Å². The van der Waals surface area contributed by atoms with Crippen molar-refractivity contribution < 1.29 is 9.18 Å². The summed E-state index contributed by atoms with van der Waals surface area (Å²) in [6.07, 6.45) is 0. The molecule has 2 aromatic rings. The number of benzene rings is 2. The lowest BCUT2D eigenvalue weighted by molar-refractivity contribution is 0.0950. The van der Waals surface area contributed by atoms with Crippen LogP contribution in [0.1, 0.15) is 32.6 Å². The van der Waals surface area contributed by atoms with E-state index in [2.05, 4.69) is 22.8 Å². The van der Waals surface area contributed by atoms with Crippen molar-refractivity contribution >= 4 is 5.91 Å². The molecule has 1 amide bonds. The van der Waals surface area contributed by atoms with Crippen molar-refractivity contribution in [3.63, 3.8) is 0 Å². The molecule has 1 heterocycles. The quantitative estimate of drug-likeness (QED) is 0.910. The number of halogens is 1. The van der Waals surface area contributed by atoms with Crippen LogP contribution in [-0.4, -0.2) is 5.91 Å². The van der Waals surface area contributed by atoms with Gasteiger partial charge in [-0.1, -0.05) is 18.2 Å². The number of nitrogens with one attached hydrogen (secondary N) is 2. The molecule has 108 valence electrons. The summed E-state index contributed by atoms with van der Waals surface area (Å²) < 4.78 is 13.3. The third kappa shape index (κ3) is 3.11. The molecule has 3 nitrogen and oxygen atoms in total. The summed E-state index contributed by atoms with van der Waals surface area (Å²) in [6.45, 7) is 4.00. The third-order valence-corrected chi connectivity index (χ3v) is 3.66. The smallest absolute Gasteiger partial charge is 0.251 e. The Bertz CT molecular complexity index is 677. The van der Waals surface area contributed by atoms with Crippen molar-refractivity contribution in [2.45, 2.75) is 26.6 Å². The molecular weight excluding hydrogens is 267 g/mol. The Morgan fingerprint density at radius 2 is 2.00 bits per heavy atom. The number of aryl methyl sites for hydroxylation is 1. The molecular formula is C17H17FN2O. The average Bonchev–Trinajstić information content (AvgIpc) is 2.91. The molecule has 0 radical (unpaired) electrons. The molecule has 0 aliphatic carbocycles. The standard InChI is InChI=1S/C17H17FN2O/c1-11-4-14(7-16(18)5-11)17(21)20-8-12-2-3-13-9-19-10-15(13)6-12/h2-7,19H,8-10H2,1H3,(H,20,21). The summed E-state index contributed by atoms with van der Waals surface area (Å²) in [6, 6.07) is 10.6. The lowest BCUT2D eigenvalue weighted by atomic mass is 10.1. The van der Waals surface area contributed by atoms with Crippen LogP contribution < -0.4 is 10.6 Å². The van der Waals surface area contributed by atoms with Gasteiger partial charge in [-0.15, -0.1) is 0 Å². The van der Waals surface area contributed by atoms with Crippen LogP contribution in [0.3, 0.4) is 0 Å². The molecule has 0 aromatic heterocycles. The lowest BCUT2D eigenvalue weighted by Gasteiger charge is -2.08. The fourth-order valence-corrected chi connectivity index (χ4v) is 2.61. The monoisotopic (exact) mass is 284 g/mol. The minimum Gasteiger partial charge on any atom is -0.348 e. The van der Waals surface area contributed by atoms with Gasteiger partial charge in [-0.05, 0) is 47.4 Å². The maximum absolute atomic E-state index is 13.3. The van der Waals surface area contributed by atoms with Gasteiger partial charge in [0, 0.05) is 25.2 Å². The van der Waals surface area contributed by atoms with E-state index < -0.39 is 0 Å². The van der Waals surface area contributed by atoms with Gasteiger partial charge in [0.25, 0.3) is 5.91 Å². The van der Waals surface area contributed by atoms with Gasteiger partial charge in [0.1, 0.15) is 5.82 Å². The molecule has 1 aliphatic heterocycles. The van der Waals surface area contributed by atoms with Gasteiger partial charge in [-0.3, -0.25) is 4.79 Å². The van der Waals surface area contributed by atoms with Crippen LogP contribution in [0.15, 0.2) is 36.4 Å². The van der Waals surface area contributed by atoms with Crippen LogP contribution in [0.4, 0.5) is 4.39 Å². The van der Waals surface area contributed by atoms with Crippen LogP contribution >= 0.6 is 0 Å². The van der Waals surface area contributed by atoms with E-state index in [0.717, 1.165) is 24.2 Å². The van der Waals surface area contributed by atoms with Crippen molar-refractivity contribution in [2.24, 2.45) is 0 Å². The highest BCUT2D eigenvalue weighted by atomic mass is 19.1. The molecule has 4 heteroatoms. The molecule has 0 saturated carbocycles. The van der Waals surface area contributed by atoms with Gasteiger partial charge in [0.2, 0.25) is 0 Å². The molecule has 1 aliphatic rings. The first kappa shape index (κ1) is 13.8. The Labute approximate surface area is 123 Å². The summed E-state index contributed by atoms with van der Waals surface area (Å²) in [5.41, 5.74) is 4.74. The van der Waals surface area contributed by atoms with Crippen LogP contribution in [0, 0.1) is 12.7 Å². The Kier molecular flexibility index (Phi) is 3.71. The van der Waals surface area contributed by atoms with Crippen molar-refractivity contribution in [3.05, 3.63) is 70.0 Å². The van der Waals surface area contributed by atoms with E-state index in [0.29, 0.717) is 12.1 Å². The summed E-state index contributed by atoms with van der Waals surface area (Å²) in [5.74, 6) is -0.639. The maximum atomic E-state index is 13.3. The topological polar surface area (TPSA) is 41.1 Å². The van der Waals surface area contributed by atoms with Gasteiger partial charge >= 0.3 is 0 Å². The molecule has 0 fully saturated rings. The van der Waals surface area contributed by atoms with Crippen LogP contribution in [-0.2, 0) is 19.6 Å². The second kappa shape index (κ2) is 5.66. The van der Waals surface area contributed by atoms with Crippen molar-refractivity contribution in [2.75, 3.05) is 0 Å². The maximum Gasteiger partial charge on any atom is 0.251 e. The van der Waals surface area contributed by atoms with Crippen LogP contribution in [0.25, 0.3) is 0 Å². The molecule has 3 rings (SSSR count). The number of hydrogen-bond donors (Lipinski definition) is 2. The Morgan fingerprint density at radius 3 is 2.81 bits per heavy atom. The predicted molar refractivity (Wildman–Crippen MR) is 79.3 cm³/mol. The zero-order valence-electron chi connectivity index (χ0n) is 11.9. The lowest BCUT2D eigenvalue weighted by Crippen LogP contribution is -2.23. The first-order valence-corrected chi connectivity index (χ1v) is 6.98. The van der Waals surface area contributed by atoms with E-state index >= 15 is 0 Å². The van der Waals surface area contributed by atoms with Gasteiger partial charge in [0.15, 0.2) is 0 Å². The molecule has 0 bridgehead atoms. The highest BCUT2D eigenvalue weighted by Gasteiger charge is 2.11. The highest BCUT2D eigenvalue weighted by Crippen LogP contribution is 2.17. The third-order valence-electron chi connectivity index (χ3n) is 3.66. The molecule has 0 spiro atoms. The van der Waals surface area contributed by atoms with E-state index in [4.69, 9.17) is 0 Å². The second-order valence-corrected chi connectivity index (χ2v) is 5.41. The minimum absolute atomic E-state index is 0.253. The van der Waals surface area contributed by atoms with Gasteiger partial charge in [-0.2, -0.15) is 0 Å². The summed E-state index contributed by atoms with van der Waals surface area (Å²) in [5, 5.41) is 6.12. The number of fused-ring (bicyclic) bond motifs is 1. The molecule has 21 heavy (non-hydrogen) atoms. The summed E-state index contributed by atoms with van der Waals surface area (Å²) in [7, 11) is 0. The Balaban J connectivity index is 1.68. The average molecular weight is 284 g/mol. The number of amides is 1. The number of carbonyl (C=O) groups excluding carboxylic acids is 1. The van der Waals surface area contributed by atoms with E-state index in [1.807, 2.05) is 6.07 Å². The molecule has 0 saturated heterocycles. The van der Waals surface area contributed by atoms with Crippen molar-refractivity contribution in [1.82, 2.24) is 10.6 Å². The largest absolute Gasteiger partial charge is 0.348 e. The normalized spacial score (nSPS) is 13.0. The van der Waals surface area contributed by atoms with Gasteiger partial charge in [0.05, 0.1) is 0 Å². The molecule has 2 N–H and O–H groups in total. The first-order chi connectivity index (χ1) is 10.1. The van der Waals surface area contributed by atoms with Gasteiger partial charge in [-0.25, -0.2) is 4.39 Å². The van der Waals surface area contributed by atoms with E-state index in [9.17, 15) is 9.18 Å². The minimum atomic E-state index is -0.385. The first-order valence-electron chi connectivity index (χ1n) is 6.98. The fraction of sp³-hybridized carbons (Fsp3) is 0.235. The van der Waals surface area contributed by atoms with Gasteiger partial charge < -0.3 is 10.6 Å². The molecule has 2 aromatic carbocycles.